The lowest BCUT2D eigenvalue weighted by Crippen LogP contribution is -1.97. The Morgan fingerprint density at radius 3 is 1.47 bits per heavy atom. The van der Waals surface area contributed by atoms with Crippen LogP contribution >= 0.6 is 0 Å². The second kappa shape index (κ2) is 17.7. The second-order valence-electron chi connectivity index (χ2n) is 5.73. The van der Waals surface area contributed by atoms with Crippen LogP contribution in [-0.4, -0.2) is 6.54 Å². The summed E-state index contributed by atoms with van der Waals surface area (Å²) in [6.07, 6.45) is 23.9. The highest BCUT2D eigenvalue weighted by atomic mass is 14.5. The largest absolute Gasteiger partial charge is 0.330 e. The maximum atomic E-state index is 5.48. The monoisotopic (exact) mass is 267 g/mol. The molecule has 0 radical (unpaired) electrons. The molecule has 0 saturated heterocycles. The molecule has 0 fully saturated rings. The van der Waals surface area contributed by atoms with E-state index in [1.54, 1.807) is 0 Å². The lowest BCUT2D eigenvalue weighted by atomic mass is 10.1. The Bertz CT molecular complexity index is 175. The van der Waals surface area contributed by atoms with E-state index < -0.39 is 0 Å². The standard InChI is InChI=1S/C18H37N/c1-2-3-4-5-6-7-8-9-10-11-12-13-14-15-16-17-18-19/h8-9H,2-7,10-19H2,1H3. The van der Waals surface area contributed by atoms with Gasteiger partial charge in [0.25, 0.3) is 0 Å². The van der Waals surface area contributed by atoms with Gasteiger partial charge in [-0.1, -0.05) is 76.9 Å². The van der Waals surface area contributed by atoms with Crippen LogP contribution < -0.4 is 5.73 Å². The zero-order valence-corrected chi connectivity index (χ0v) is 13.3. The van der Waals surface area contributed by atoms with Crippen molar-refractivity contribution in [3.8, 4) is 0 Å². The Labute approximate surface area is 122 Å². The van der Waals surface area contributed by atoms with Gasteiger partial charge in [0.15, 0.2) is 0 Å². The molecule has 2 N–H and O–H groups in total. The molecule has 0 spiro atoms. The Kier molecular flexibility index (Phi) is 17.4. The van der Waals surface area contributed by atoms with Gasteiger partial charge in [0.1, 0.15) is 0 Å². The quantitative estimate of drug-likeness (QED) is 0.286. The summed E-state index contributed by atoms with van der Waals surface area (Å²) in [6, 6.07) is 0. The van der Waals surface area contributed by atoms with Gasteiger partial charge in [-0.3, -0.25) is 0 Å². The van der Waals surface area contributed by atoms with Gasteiger partial charge >= 0.3 is 0 Å². The van der Waals surface area contributed by atoms with Gasteiger partial charge in [0, 0.05) is 0 Å². The van der Waals surface area contributed by atoms with Crippen LogP contribution in [0.3, 0.4) is 0 Å². The van der Waals surface area contributed by atoms with Crippen molar-refractivity contribution in [2.24, 2.45) is 5.73 Å². The summed E-state index contributed by atoms with van der Waals surface area (Å²) in [5.41, 5.74) is 5.48. The topological polar surface area (TPSA) is 26.0 Å². The third kappa shape index (κ3) is 17.7. The molecule has 0 unspecified atom stereocenters. The highest BCUT2D eigenvalue weighted by Crippen LogP contribution is 2.09. The number of unbranched alkanes of at least 4 members (excludes halogenated alkanes) is 12. The third-order valence-electron chi connectivity index (χ3n) is 3.72. The second-order valence-corrected chi connectivity index (χ2v) is 5.73. The molecule has 114 valence electrons. The summed E-state index contributed by atoms with van der Waals surface area (Å²) in [5.74, 6) is 0. The van der Waals surface area contributed by atoms with E-state index in [0.717, 1.165) is 6.54 Å². The average molecular weight is 268 g/mol. The van der Waals surface area contributed by atoms with Crippen molar-refractivity contribution in [3.63, 3.8) is 0 Å². The van der Waals surface area contributed by atoms with E-state index in [-0.39, 0.29) is 0 Å². The minimum Gasteiger partial charge on any atom is -0.330 e. The van der Waals surface area contributed by atoms with E-state index in [4.69, 9.17) is 5.73 Å². The highest BCUT2D eigenvalue weighted by Gasteiger charge is 1.90. The van der Waals surface area contributed by atoms with Gasteiger partial charge in [0.05, 0.1) is 0 Å². The van der Waals surface area contributed by atoms with Crippen molar-refractivity contribution in [1.29, 1.82) is 0 Å². The van der Waals surface area contributed by atoms with E-state index >= 15 is 0 Å². The summed E-state index contributed by atoms with van der Waals surface area (Å²) in [5, 5.41) is 0. The number of nitrogens with two attached hydrogens (primary N) is 1. The highest BCUT2D eigenvalue weighted by molar-refractivity contribution is 4.81. The fraction of sp³-hybridized carbons (Fsp3) is 0.889. The average Bonchev–Trinajstić information content (AvgIpc) is 2.43. The van der Waals surface area contributed by atoms with Crippen LogP contribution in [0.25, 0.3) is 0 Å². The molecule has 1 nitrogen and oxygen atoms in total. The summed E-state index contributed by atoms with van der Waals surface area (Å²) < 4.78 is 0. The van der Waals surface area contributed by atoms with E-state index in [1.165, 1.54) is 89.9 Å². The molecule has 0 aromatic heterocycles. The van der Waals surface area contributed by atoms with Crippen LogP contribution in [0.15, 0.2) is 12.2 Å². The van der Waals surface area contributed by atoms with Crippen molar-refractivity contribution in [2.45, 2.75) is 96.8 Å². The van der Waals surface area contributed by atoms with E-state index in [0.29, 0.717) is 0 Å². The number of allylic oxidation sites excluding steroid dienone is 2. The molecule has 0 amide bonds. The molecule has 0 aromatic rings. The Morgan fingerprint density at radius 1 is 0.579 bits per heavy atom. The van der Waals surface area contributed by atoms with Crippen molar-refractivity contribution in [2.75, 3.05) is 6.54 Å². The first-order valence-corrected chi connectivity index (χ1v) is 8.77. The molecular weight excluding hydrogens is 230 g/mol. The molecule has 0 rings (SSSR count). The van der Waals surface area contributed by atoms with Crippen molar-refractivity contribution in [1.82, 2.24) is 0 Å². The first-order valence-electron chi connectivity index (χ1n) is 8.77. The van der Waals surface area contributed by atoms with Crippen LogP contribution in [0.2, 0.25) is 0 Å². The fourth-order valence-corrected chi connectivity index (χ4v) is 2.39. The van der Waals surface area contributed by atoms with Gasteiger partial charge in [0.2, 0.25) is 0 Å². The van der Waals surface area contributed by atoms with Crippen molar-refractivity contribution in [3.05, 3.63) is 12.2 Å². The Hall–Kier alpha value is -0.300. The summed E-state index contributed by atoms with van der Waals surface area (Å²) in [6.45, 7) is 3.14. The molecule has 0 atom stereocenters. The molecule has 1 heteroatoms. The van der Waals surface area contributed by atoms with Crippen molar-refractivity contribution >= 4 is 0 Å². The van der Waals surface area contributed by atoms with E-state index in [1.807, 2.05) is 0 Å². The molecule has 0 aliphatic heterocycles. The zero-order valence-electron chi connectivity index (χ0n) is 13.3. The number of rotatable bonds is 15. The predicted octanol–water partition coefficient (Wildman–Crippen LogP) is 5.98. The lowest BCUT2D eigenvalue weighted by molar-refractivity contribution is 0.584. The molecular formula is C18H37N. The smallest absolute Gasteiger partial charge is 0.00773 e. The van der Waals surface area contributed by atoms with E-state index in [9.17, 15) is 0 Å². The molecule has 0 heterocycles. The SMILES string of the molecule is CCCCCCCC=CCCCCCCCCCN. The fourth-order valence-electron chi connectivity index (χ4n) is 2.39. The number of hydrogen-bond donors (Lipinski definition) is 1. The normalized spacial score (nSPS) is 11.5. The van der Waals surface area contributed by atoms with Crippen LogP contribution in [0, 0.1) is 0 Å². The summed E-state index contributed by atoms with van der Waals surface area (Å²) >= 11 is 0. The predicted molar refractivity (Wildman–Crippen MR) is 88.5 cm³/mol. The van der Waals surface area contributed by atoms with Gasteiger partial charge in [-0.25, -0.2) is 0 Å². The lowest BCUT2D eigenvalue weighted by Gasteiger charge is -2.00. The van der Waals surface area contributed by atoms with E-state index in [2.05, 4.69) is 19.1 Å². The third-order valence-corrected chi connectivity index (χ3v) is 3.72. The molecule has 0 aliphatic carbocycles. The minimum absolute atomic E-state index is 0.864. The maximum absolute atomic E-state index is 5.48. The van der Waals surface area contributed by atoms with Gasteiger partial charge in [-0.2, -0.15) is 0 Å². The molecule has 19 heavy (non-hydrogen) atoms. The first kappa shape index (κ1) is 18.7. The Morgan fingerprint density at radius 2 is 1.00 bits per heavy atom. The molecule has 0 saturated carbocycles. The molecule has 0 aromatic carbocycles. The van der Waals surface area contributed by atoms with Crippen LogP contribution in [0.5, 0.6) is 0 Å². The van der Waals surface area contributed by atoms with Gasteiger partial charge < -0.3 is 5.73 Å². The van der Waals surface area contributed by atoms with Gasteiger partial charge in [-0.05, 0) is 38.6 Å². The maximum Gasteiger partial charge on any atom is -0.00773 e. The number of hydrogen-bond acceptors (Lipinski definition) is 1. The van der Waals surface area contributed by atoms with Crippen LogP contribution in [-0.2, 0) is 0 Å². The molecule has 0 bridgehead atoms. The van der Waals surface area contributed by atoms with Crippen LogP contribution in [0.1, 0.15) is 96.8 Å². The minimum atomic E-state index is 0.864. The van der Waals surface area contributed by atoms with Crippen LogP contribution in [0.4, 0.5) is 0 Å². The van der Waals surface area contributed by atoms with Gasteiger partial charge in [-0.15, -0.1) is 0 Å². The summed E-state index contributed by atoms with van der Waals surface area (Å²) in [4.78, 5) is 0. The molecule has 0 aliphatic rings. The Balaban J connectivity index is 3.00. The van der Waals surface area contributed by atoms with Crippen molar-refractivity contribution < 1.29 is 0 Å². The first-order chi connectivity index (χ1) is 9.41. The summed E-state index contributed by atoms with van der Waals surface area (Å²) in [7, 11) is 0. The zero-order chi connectivity index (χ0) is 14.0.